The fourth-order valence-electron chi connectivity index (χ4n) is 3.86. The minimum Gasteiger partial charge on any atom is -0.495 e. The quantitative estimate of drug-likeness (QED) is 0.636. The second-order valence-corrected chi connectivity index (χ2v) is 10.1. The van der Waals surface area contributed by atoms with Gasteiger partial charge < -0.3 is 10.1 Å². The normalized spacial score (nSPS) is 15.0. The zero-order chi connectivity index (χ0) is 23.8. The minimum atomic E-state index is -3.65. The summed E-state index contributed by atoms with van der Waals surface area (Å²) in [5, 5.41) is 11.7. The second kappa shape index (κ2) is 11.3. The summed E-state index contributed by atoms with van der Waals surface area (Å²) in [5.41, 5.74) is 1.89. The first-order chi connectivity index (χ1) is 15.8. The predicted octanol–water partition coefficient (Wildman–Crippen LogP) is 3.20. The van der Waals surface area contributed by atoms with Gasteiger partial charge in [0.1, 0.15) is 5.75 Å². The van der Waals surface area contributed by atoms with Crippen LogP contribution in [0.1, 0.15) is 36.8 Å². The van der Waals surface area contributed by atoms with Crippen molar-refractivity contribution < 1.29 is 17.9 Å². The maximum Gasteiger partial charge on any atom is 0.243 e. The molecule has 0 aromatic heterocycles. The van der Waals surface area contributed by atoms with Gasteiger partial charge in [-0.05, 0) is 55.8 Å². The molecule has 0 unspecified atom stereocenters. The SMILES string of the molecule is COc1ccc(S(=O)(=O)N2CCCCCC2)cc1NC(=O)CN(C)Cc1ccc(C#N)cc1. The molecule has 2 aromatic carbocycles. The molecule has 1 aliphatic heterocycles. The van der Waals surface area contributed by atoms with Crippen LogP contribution in [0, 0.1) is 11.3 Å². The number of amides is 1. The molecule has 0 atom stereocenters. The van der Waals surface area contributed by atoms with E-state index in [2.05, 4.69) is 11.4 Å². The van der Waals surface area contributed by atoms with Crippen molar-refractivity contribution in [3.63, 3.8) is 0 Å². The van der Waals surface area contributed by atoms with Gasteiger partial charge in [0.2, 0.25) is 15.9 Å². The van der Waals surface area contributed by atoms with E-state index in [9.17, 15) is 13.2 Å². The molecular weight excluding hydrogens is 440 g/mol. The molecule has 2 aromatic rings. The molecule has 176 valence electrons. The Morgan fingerprint density at radius 1 is 1.12 bits per heavy atom. The van der Waals surface area contributed by atoms with Gasteiger partial charge in [-0.25, -0.2) is 8.42 Å². The molecule has 1 N–H and O–H groups in total. The van der Waals surface area contributed by atoms with E-state index in [4.69, 9.17) is 10.00 Å². The number of rotatable bonds is 8. The number of benzene rings is 2. The van der Waals surface area contributed by atoms with Crippen molar-refractivity contribution in [1.29, 1.82) is 5.26 Å². The number of likely N-dealkylation sites (N-methyl/N-ethyl adjacent to an activating group) is 1. The minimum absolute atomic E-state index is 0.103. The van der Waals surface area contributed by atoms with Crippen LogP contribution in [-0.4, -0.2) is 57.3 Å². The molecule has 9 heteroatoms. The summed E-state index contributed by atoms with van der Waals surface area (Å²) in [5.74, 6) is 0.113. The average molecular weight is 471 g/mol. The highest BCUT2D eigenvalue weighted by atomic mass is 32.2. The Kier molecular flexibility index (Phi) is 8.44. The van der Waals surface area contributed by atoms with Crippen molar-refractivity contribution in [1.82, 2.24) is 9.21 Å². The molecule has 0 saturated carbocycles. The molecular formula is C24H30N4O4S. The topological polar surface area (TPSA) is 103 Å². The smallest absolute Gasteiger partial charge is 0.243 e. The summed E-state index contributed by atoms with van der Waals surface area (Å²) in [4.78, 5) is 14.7. The molecule has 1 heterocycles. The Hall–Kier alpha value is -2.93. The van der Waals surface area contributed by atoms with Crippen LogP contribution in [0.15, 0.2) is 47.4 Å². The lowest BCUT2D eigenvalue weighted by Gasteiger charge is -2.21. The van der Waals surface area contributed by atoms with E-state index >= 15 is 0 Å². The van der Waals surface area contributed by atoms with E-state index in [1.807, 2.05) is 24.1 Å². The number of methoxy groups -OCH3 is 1. The zero-order valence-corrected chi connectivity index (χ0v) is 19.9. The second-order valence-electron chi connectivity index (χ2n) is 8.21. The van der Waals surface area contributed by atoms with Crippen molar-refractivity contribution in [2.75, 3.05) is 39.1 Å². The molecule has 3 rings (SSSR count). The number of carbonyl (C=O) groups excluding carboxylic acids is 1. The van der Waals surface area contributed by atoms with E-state index in [0.717, 1.165) is 31.2 Å². The number of nitrogens with one attached hydrogen (secondary N) is 1. The lowest BCUT2D eigenvalue weighted by Crippen LogP contribution is -2.32. The number of hydrogen-bond acceptors (Lipinski definition) is 6. The van der Waals surface area contributed by atoms with Gasteiger partial charge in [0, 0.05) is 19.6 Å². The van der Waals surface area contributed by atoms with Crippen LogP contribution in [0.5, 0.6) is 5.75 Å². The van der Waals surface area contributed by atoms with Crippen LogP contribution in [0.4, 0.5) is 5.69 Å². The Morgan fingerprint density at radius 2 is 1.79 bits per heavy atom. The van der Waals surface area contributed by atoms with E-state index in [0.29, 0.717) is 36.6 Å². The third-order valence-corrected chi connectivity index (χ3v) is 7.49. The summed E-state index contributed by atoms with van der Waals surface area (Å²) in [6.07, 6.45) is 3.77. The number of hydrogen-bond donors (Lipinski definition) is 1. The van der Waals surface area contributed by atoms with Crippen LogP contribution < -0.4 is 10.1 Å². The third-order valence-electron chi connectivity index (χ3n) is 5.60. The van der Waals surface area contributed by atoms with Crippen LogP contribution in [0.25, 0.3) is 0 Å². The summed E-state index contributed by atoms with van der Waals surface area (Å²) in [6, 6.07) is 13.8. The average Bonchev–Trinajstić information content (AvgIpc) is 3.09. The van der Waals surface area contributed by atoms with Crippen LogP contribution in [0.3, 0.4) is 0 Å². The van der Waals surface area contributed by atoms with Gasteiger partial charge in [-0.15, -0.1) is 0 Å². The molecule has 0 bridgehead atoms. The summed E-state index contributed by atoms with van der Waals surface area (Å²) in [6.45, 7) is 1.65. The van der Waals surface area contributed by atoms with Gasteiger partial charge in [0.05, 0.1) is 35.9 Å². The summed E-state index contributed by atoms with van der Waals surface area (Å²) in [7, 11) is -0.353. The van der Waals surface area contributed by atoms with Crippen molar-refractivity contribution in [3.05, 3.63) is 53.6 Å². The van der Waals surface area contributed by atoms with Crippen LogP contribution >= 0.6 is 0 Å². The lowest BCUT2D eigenvalue weighted by molar-refractivity contribution is -0.117. The number of carbonyl (C=O) groups is 1. The lowest BCUT2D eigenvalue weighted by atomic mass is 10.1. The highest BCUT2D eigenvalue weighted by Gasteiger charge is 2.26. The highest BCUT2D eigenvalue weighted by Crippen LogP contribution is 2.30. The number of nitriles is 1. The number of anilines is 1. The van der Waals surface area contributed by atoms with Crippen molar-refractivity contribution in [2.24, 2.45) is 0 Å². The fourth-order valence-corrected chi connectivity index (χ4v) is 5.41. The van der Waals surface area contributed by atoms with E-state index < -0.39 is 10.0 Å². The number of sulfonamides is 1. The molecule has 1 amide bonds. The largest absolute Gasteiger partial charge is 0.495 e. The summed E-state index contributed by atoms with van der Waals surface area (Å²) >= 11 is 0. The first kappa shape index (κ1) is 24.7. The molecule has 0 spiro atoms. The van der Waals surface area contributed by atoms with Gasteiger partial charge in [0.15, 0.2) is 0 Å². The standard InChI is InChI=1S/C24H30N4O4S/c1-27(17-20-9-7-19(16-25)8-10-20)18-24(29)26-22-15-21(11-12-23(22)32-2)33(30,31)28-13-5-3-4-6-14-28/h7-12,15H,3-6,13-14,17-18H2,1-2H3,(H,26,29). The fraction of sp³-hybridized carbons (Fsp3) is 0.417. The maximum absolute atomic E-state index is 13.1. The molecule has 1 fully saturated rings. The Labute approximate surface area is 195 Å². The third kappa shape index (κ3) is 6.54. The summed E-state index contributed by atoms with van der Waals surface area (Å²) < 4.78 is 33.2. The molecule has 0 aliphatic carbocycles. The molecule has 1 aliphatic rings. The predicted molar refractivity (Wildman–Crippen MR) is 126 cm³/mol. The van der Waals surface area contributed by atoms with Gasteiger partial charge in [-0.2, -0.15) is 9.57 Å². The first-order valence-electron chi connectivity index (χ1n) is 11.0. The monoisotopic (exact) mass is 470 g/mol. The molecule has 8 nitrogen and oxygen atoms in total. The van der Waals surface area contributed by atoms with E-state index in [-0.39, 0.29) is 17.3 Å². The number of nitrogens with zero attached hydrogens (tertiary/aromatic N) is 3. The van der Waals surface area contributed by atoms with Gasteiger partial charge in [-0.3, -0.25) is 9.69 Å². The maximum atomic E-state index is 13.1. The first-order valence-corrected chi connectivity index (χ1v) is 12.4. The number of ether oxygens (including phenoxy) is 1. The zero-order valence-electron chi connectivity index (χ0n) is 19.1. The van der Waals surface area contributed by atoms with Gasteiger partial charge >= 0.3 is 0 Å². The Balaban J connectivity index is 1.69. The Bertz CT molecular complexity index is 1100. The van der Waals surface area contributed by atoms with Crippen molar-refractivity contribution in [2.45, 2.75) is 37.1 Å². The van der Waals surface area contributed by atoms with E-state index in [1.54, 1.807) is 18.2 Å². The molecule has 0 radical (unpaired) electrons. The van der Waals surface area contributed by atoms with Crippen molar-refractivity contribution >= 4 is 21.6 Å². The van der Waals surface area contributed by atoms with Gasteiger partial charge in [-0.1, -0.05) is 25.0 Å². The van der Waals surface area contributed by atoms with E-state index in [1.165, 1.54) is 23.5 Å². The molecule has 33 heavy (non-hydrogen) atoms. The van der Waals surface area contributed by atoms with Gasteiger partial charge in [0.25, 0.3) is 0 Å². The van der Waals surface area contributed by atoms with Crippen LogP contribution in [0.2, 0.25) is 0 Å². The molecule has 1 saturated heterocycles. The van der Waals surface area contributed by atoms with Crippen LogP contribution in [-0.2, 0) is 21.4 Å². The van der Waals surface area contributed by atoms with Crippen molar-refractivity contribution in [3.8, 4) is 11.8 Å². The Morgan fingerprint density at radius 3 is 2.39 bits per heavy atom. The highest BCUT2D eigenvalue weighted by molar-refractivity contribution is 7.89.